The first-order valence-corrected chi connectivity index (χ1v) is 9.41. The van der Waals surface area contributed by atoms with Crippen LogP contribution in [0, 0.1) is 0 Å². The van der Waals surface area contributed by atoms with E-state index in [1.165, 1.54) is 50.6 Å². The molecule has 1 aliphatic heterocycles. The van der Waals surface area contributed by atoms with Gasteiger partial charge in [-0.3, -0.25) is 0 Å². The summed E-state index contributed by atoms with van der Waals surface area (Å²) in [6.45, 7) is 3.51. The van der Waals surface area contributed by atoms with Gasteiger partial charge in [-0.15, -0.1) is 0 Å². The summed E-state index contributed by atoms with van der Waals surface area (Å²) in [5, 5.41) is 0. The lowest BCUT2D eigenvalue weighted by Crippen LogP contribution is -2.33. The van der Waals surface area contributed by atoms with Gasteiger partial charge in [-0.1, -0.05) is 12.5 Å². The Morgan fingerprint density at radius 1 is 1.26 bits per heavy atom. The van der Waals surface area contributed by atoms with E-state index in [0.29, 0.717) is 6.54 Å². The second-order valence-electron chi connectivity index (χ2n) is 5.67. The zero-order chi connectivity index (χ0) is 16.7. The van der Waals surface area contributed by atoms with E-state index in [9.17, 15) is 13.2 Å². The van der Waals surface area contributed by atoms with Crippen molar-refractivity contribution < 1.29 is 17.9 Å². The molecule has 0 bridgehead atoms. The summed E-state index contributed by atoms with van der Waals surface area (Å²) in [7, 11) is -2.34. The van der Waals surface area contributed by atoms with Gasteiger partial charge in [0.25, 0.3) is 0 Å². The smallest absolute Gasteiger partial charge is 0.337 e. The standard InChI is InChI=1S/C16H24N2O4S/c1-22-16(19)14-7-5-8-15(13-14)23(20,21)17-9-6-12-18-10-3-2-4-11-18/h5,7-8,13,17H,2-4,6,9-12H2,1H3. The summed E-state index contributed by atoms with van der Waals surface area (Å²) < 4.78 is 31.7. The van der Waals surface area contributed by atoms with Crippen molar-refractivity contribution in [3.63, 3.8) is 0 Å². The first-order chi connectivity index (χ1) is 11.0. The highest BCUT2D eigenvalue weighted by Crippen LogP contribution is 2.13. The molecule has 0 aromatic heterocycles. The fraction of sp³-hybridized carbons (Fsp3) is 0.562. The molecule has 0 amide bonds. The zero-order valence-electron chi connectivity index (χ0n) is 13.5. The molecule has 1 heterocycles. The van der Waals surface area contributed by atoms with Gasteiger partial charge in [0.2, 0.25) is 10.0 Å². The van der Waals surface area contributed by atoms with Crippen molar-refractivity contribution >= 4 is 16.0 Å². The number of benzene rings is 1. The lowest BCUT2D eigenvalue weighted by Gasteiger charge is -2.26. The largest absolute Gasteiger partial charge is 0.465 e. The molecule has 1 N–H and O–H groups in total. The van der Waals surface area contributed by atoms with Gasteiger partial charge in [0.05, 0.1) is 17.6 Å². The first kappa shape index (κ1) is 17.9. The van der Waals surface area contributed by atoms with Crippen molar-refractivity contribution in [2.24, 2.45) is 0 Å². The summed E-state index contributed by atoms with van der Waals surface area (Å²) >= 11 is 0. The number of likely N-dealkylation sites (tertiary alicyclic amines) is 1. The Bertz CT molecular complexity index is 625. The minimum absolute atomic E-state index is 0.0818. The van der Waals surface area contributed by atoms with Crippen LogP contribution in [0.4, 0.5) is 0 Å². The van der Waals surface area contributed by atoms with Crippen LogP contribution >= 0.6 is 0 Å². The number of sulfonamides is 1. The zero-order valence-corrected chi connectivity index (χ0v) is 14.3. The number of hydrogen-bond donors (Lipinski definition) is 1. The molecule has 0 radical (unpaired) electrons. The molecule has 6 nitrogen and oxygen atoms in total. The lowest BCUT2D eigenvalue weighted by molar-refractivity contribution is 0.0600. The normalized spacial score (nSPS) is 16.2. The maximum atomic E-state index is 12.3. The van der Waals surface area contributed by atoms with E-state index in [1.54, 1.807) is 0 Å². The average molecular weight is 340 g/mol. The van der Waals surface area contributed by atoms with Gasteiger partial charge in [-0.05, 0) is 57.1 Å². The van der Waals surface area contributed by atoms with Crippen LogP contribution in [0.25, 0.3) is 0 Å². The maximum Gasteiger partial charge on any atom is 0.337 e. The molecular formula is C16H24N2O4S. The van der Waals surface area contributed by atoms with Crippen LogP contribution in [-0.4, -0.2) is 52.6 Å². The molecule has 7 heteroatoms. The molecule has 1 aliphatic rings. The molecule has 128 valence electrons. The second-order valence-corrected chi connectivity index (χ2v) is 7.44. The Labute approximate surface area is 137 Å². The highest BCUT2D eigenvalue weighted by molar-refractivity contribution is 7.89. The van der Waals surface area contributed by atoms with Crippen molar-refractivity contribution in [3.8, 4) is 0 Å². The predicted molar refractivity (Wildman–Crippen MR) is 87.9 cm³/mol. The van der Waals surface area contributed by atoms with Gasteiger partial charge in [0.15, 0.2) is 0 Å². The minimum atomic E-state index is -3.60. The first-order valence-electron chi connectivity index (χ1n) is 7.93. The molecule has 23 heavy (non-hydrogen) atoms. The molecule has 1 saturated heterocycles. The van der Waals surface area contributed by atoms with Crippen LogP contribution in [0.3, 0.4) is 0 Å². The second kappa shape index (κ2) is 8.42. The molecular weight excluding hydrogens is 316 g/mol. The van der Waals surface area contributed by atoms with E-state index in [1.807, 2.05) is 0 Å². The van der Waals surface area contributed by atoms with Crippen LogP contribution in [-0.2, 0) is 14.8 Å². The Balaban J connectivity index is 1.87. The third-order valence-corrected chi connectivity index (χ3v) is 5.42. The van der Waals surface area contributed by atoms with E-state index in [2.05, 4.69) is 14.4 Å². The number of ether oxygens (including phenoxy) is 1. The van der Waals surface area contributed by atoms with Gasteiger partial charge in [-0.2, -0.15) is 0 Å². The number of carbonyl (C=O) groups is 1. The third kappa shape index (κ3) is 5.30. The molecule has 0 atom stereocenters. The Kier molecular flexibility index (Phi) is 6.56. The topological polar surface area (TPSA) is 75.7 Å². The van der Waals surface area contributed by atoms with Crippen LogP contribution < -0.4 is 4.72 Å². The fourth-order valence-electron chi connectivity index (χ4n) is 2.68. The van der Waals surface area contributed by atoms with Gasteiger partial charge >= 0.3 is 5.97 Å². The van der Waals surface area contributed by atoms with Gasteiger partial charge in [0.1, 0.15) is 0 Å². The van der Waals surface area contributed by atoms with E-state index in [-0.39, 0.29) is 10.5 Å². The highest BCUT2D eigenvalue weighted by Gasteiger charge is 2.16. The lowest BCUT2D eigenvalue weighted by atomic mass is 10.1. The fourth-order valence-corrected chi connectivity index (χ4v) is 3.80. The minimum Gasteiger partial charge on any atom is -0.465 e. The third-order valence-electron chi connectivity index (χ3n) is 3.96. The quantitative estimate of drug-likeness (QED) is 0.603. The van der Waals surface area contributed by atoms with Crippen molar-refractivity contribution in [3.05, 3.63) is 29.8 Å². The number of carbonyl (C=O) groups excluding carboxylic acids is 1. The monoisotopic (exact) mass is 340 g/mol. The number of piperidine rings is 1. The Morgan fingerprint density at radius 3 is 2.70 bits per heavy atom. The molecule has 0 aliphatic carbocycles. The molecule has 0 unspecified atom stereocenters. The maximum absolute atomic E-state index is 12.3. The van der Waals surface area contributed by atoms with E-state index < -0.39 is 16.0 Å². The number of esters is 1. The van der Waals surface area contributed by atoms with E-state index in [4.69, 9.17) is 0 Å². The van der Waals surface area contributed by atoms with Crippen molar-refractivity contribution in [2.45, 2.75) is 30.6 Å². The number of nitrogens with zero attached hydrogens (tertiary/aromatic N) is 1. The molecule has 1 aromatic carbocycles. The van der Waals surface area contributed by atoms with Crippen LogP contribution in [0.5, 0.6) is 0 Å². The number of methoxy groups -OCH3 is 1. The van der Waals surface area contributed by atoms with Crippen molar-refractivity contribution in [2.75, 3.05) is 33.3 Å². The van der Waals surface area contributed by atoms with Crippen LogP contribution in [0.1, 0.15) is 36.0 Å². The summed E-state index contributed by atoms with van der Waals surface area (Å²) in [5.74, 6) is -0.549. The van der Waals surface area contributed by atoms with E-state index in [0.717, 1.165) is 26.1 Å². The summed E-state index contributed by atoms with van der Waals surface area (Å²) in [5.41, 5.74) is 0.226. The van der Waals surface area contributed by atoms with Crippen LogP contribution in [0.15, 0.2) is 29.2 Å². The number of rotatable bonds is 7. The molecule has 1 fully saturated rings. The van der Waals surface area contributed by atoms with Crippen molar-refractivity contribution in [1.29, 1.82) is 0 Å². The average Bonchev–Trinajstić information content (AvgIpc) is 2.59. The Hall–Kier alpha value is -1.44. The molecule has 0 saturated carbocycles. The van der Waals surface area contributed by atoms with Crippen molar-refractivity contribution in [1.82, 2.24) is 9.62 Å². The number of hydrogen-bond acceptors (Lipinski definition) is 5. The SMILES string of the molecule is COC(=O)c1cccc(S(=O)(=O)NCCCN2CCCCC2)c1. The van der Waals surface area contributed by atoms with Gasteiger partial charge in [0, 0.05) is 6.54 Å². The highest BCUT2D eigenvalue weighted by atomic mass is 32.2. The summed E-state index contributed by atoms with van der Waals surface area (Å²) in [6.07, 6.45) is 4.52. The van der Waals surface area contributed by atoms with Gasteiger partial charge in [-0.25, -0.2) is 17.9 Å². The number of nitrogens with one attached hydrogen (secondary N) is 1. The predicted octanol–water partition coefficient (Wildman–Crippen LogP) is 1.63. The molecule has 1 aromatic rings. The van der Waals surface area contributed by atoms with E-state index >= 15 is 0 Å². The summed E-state index contributed by atoms with van der Waals surface area (Å²) in [4.78, 5) is 13.9. The Morgan fingerprint density at radius 2 is 2.00 bits per heavy atom. The van der Waals surface area contributed by atoms with Crippen LogP contribution in [0.2, 0.25) is 0 Å². The molecule has 0 spiro atoms. The van der Waals surface area contributed by atoms with Gasteiger partial charge < -0.3 is 9.64 Å². The summed E-state index contributed by atoms with van der Waals surface area (Å²) in [6, 6.07) is 5.87. The molecule has 2 rings (SSSR count).